The first-order chi connectivity index (χ1) is 13.7. The SMILES string of the molecule is COc1cccc(/C=C/C(=O)OCC(=O)c2ccc(C3CCCCC3)cc2)c1. The molecular weight excluding hydrogens is 352 g/mol. The van der Waals surface area contributed by atoms with Gasteiger partial charge in [0, 0.05) is 11.6 Å². The number of carbonyl (C=O) groups is 2. The van der Waals surface area contributed by atoms with Crippen molar-refractivity contribution >= 4 is 17.8 Å². The summed E-state index contributed by atoms with van der Waals surface area (Å²) in [5, 5.41) is 0. The molecule has 0 bridgehead atoms. The van der Waals surface area contributed by atoms with Crippen molar-refractivity contribution in [2.75, 3.05) is 13.7 Å². The Morgan fingerprint density at radius 3 is 2.50 bits per heavy atom. The molecule has 3 rings (SSSR count). The van der Waals surface area contributed by atoms with Crippen LogP contribution in [0, 0.1) is 0 Å². The molecule has 0 N–H and O–H groups in total. The molecule has 0 spiro atoms. The van der Waals surface area contributed by atoms with Crippen LogP contribution in [0.15, 0.2) is 54.6 Å². The molecule has 0 heterocycles. The van der Waals surface area contributed by atoms with E-state index in [9.17, 15) is 9.59 Å². The summed E-state index contributed by atoms with van der Waals surface area (Å²) in [5.41, 5.74) is 2.69. The van der Waals surface area contributed by atoms with Crippen LogP contribution in [-0.4, -0.2) is 25.5 Å². The van der Waals surface area contributed by atoms with Gasteiger partial charge in [-0.05, 0) is 48.1 Å². The van der Waals surface area contributed by atoms with Gasteiger partial charge >= 0.3 is 5.97 Å². The molecule has 4 nitrogen and oxygen atoms in total. The lowest BCUT2D eigenvalue weighted by Gasteiger charge is -2.22. The van der Waals surface area contributed by atoms with Gasteiger partial charge in [-0.1, -0.05) is 55.7 Å². The summed E-state index contributed by atoms with van der Waals surface area (Å²) in [7, 11) is 1.59. The Morgan fingerprint density at radius 2 is 1.79 bits per heavy atom. The van der Waals surface area contributed by atoms with E-state index in [1.165, 1.54) is 43.7 Å². The van der Waals surface area contributed by atoms with Gasteiger partial charge in [0.2, 0.25) is 0 Å². The van der Waals surface area contributed by atoms with Crippen LogP contribution >= 0.6 is 0 Å². The Morgan fingerprint density at radius 1 is 1.04 bits per heavy atom. The van der Waals surface area contributed by atoms with Gasteiger partial charge in [0.25, 0.3) is 0 Å². The van der Waals surface area contributed by atoms with Crippen LogP contribution in [0.2, 0.25) is 0 Å². The van der Waals surface area contributed by atoms with Crippen LogP contribution in [0.25, 0.3) is 6.08 Å². The zero-order valence-corrected chi connectivity index (χ0v) is 16.2. The minimum atomic E-state index is -0.546. The highest BCUT2D eigenvalue weighted by Crippen LogP contribution is 2.32. The summed E-state index contributed by atoms with van der Waals surface area (Å²) in [6, 6.07) is 15.1. The molecule has 2 aromatic carbocycles. The Kier molecular flexibility index (Phi) is 7.01. The number of methoxy groups -OCH3 is 1. The fraction of sp³-hybridized carbons (Fsp3) is 0.333. The Hall–Kier alpha value is -2.88. The highest BCUT2D eigenvalue weighted by atomic mass is 16.5. The summed E-state index contributed by atoms with van der Waals surface area (Å²) >= 11 is 0. The third-order valence-electron chi connectivity index (χ3n) is 5.16. The third-order valence-corrected chi connectivity index (χ3v) is 5.16. The zero-order chi connectivity index (χ0) is 19.8. The van der Waals surface area contributed by atoms with E-state index < -0.39 is 5.97 Å². The van der Waals surface area contributed by atoms with Crippen molar-refractivity contribution in [1.29, 1.82) is 0 Å². The molecule has 28 heavy (non-hydrogen) atoms. The average molecular weight is 378 g/mol. The first-order valence-corrected chi connectivity index (χ1v) is 9.78. The number of hydrogen-bond acceptors (Lipinski definition) is 4. The van der Waals surface area contributed by atoms with E-state index in [-0.39, 0.29) is 12.4 Å². The topological polar surface area (TPSA) is 52.6 Å². The highest BCUT2D eigenvalue weighted by molar-refractivity contribution is 5.98. The first-order valence-electron chi connectivity index (χ1n) is 9.78. The van der Waals surface area contributed by atoms with Crippen LogP contribution in [0.5, 0.6) is 5.75 Å². The van der Waals surface area contributed by atoms with E-state index in [0.717, 1.165) is 5.56 Å². The first kappa shape index (κ1) is 19.9. The number of hydrogen-bond donors (Lipinski definition) is 0. The highest BCUT2D eigenvalue weighted by Gasteiger charge is 2.16. The number of ether oxygens (including phenoxy) is 2. The molecule has 0 aliphatic heterocycles. The van der Waals surface area contributed by atoms with Crippen molar-refractivity contribution in [2.24, 2.45) is 0 Å². The molecule has 4 heteroatoms. The summed E-state index contributed by atoms with van der Waals surface area (Å²) in [6.07, 6.45) is 9.29. The second kappa shape index (κ2) is 9.88. The molecule has 2 aromatic rings. The molecule has 0 radical (unpaired) electrons. The van der Waals surface area contributed by atoms with Gasteiger partial charge in [-0.15, -0.1) is 0 Å². The predicted molar refractivity (Wildman–Crippen MR) is 110 cm³/mol. The zero-order valence-electron chi connectivity index (χ0n) is 16.2. The van der Waals surface area contributed by atoms with E-state index in [1.807, 2.05) is 48.5 Å². The smallest absolute Gasteiger partial charge is 0.331 e. The van der Waals surface area contributed by atoms with E-state index in [0.29, 0.717) is 17.2 Å². The summed E-state index contributed by atoms with van der Waals surface area (Å²) in [5.74, 6) is 0.577. The molecule has 1 fully saturated rings. The number of ketones is 1. The summed E-state index contributed by atoms with van der Waals surface area (Å²) in [6.45, 7) is -0.260. The maximum Gasteiger partial charge on any atom is 0.331 e. The maximum absolute atomic E-state index is 12.3. The van der Waals surface area contributed by atoms with Gasteiger partial charge in [0.1, 0.15) is 5.75 Å². The fourth-order valence-corrected chi connectivity index (χ4v) is 3.55. The maximum atomic E-state index is 12.3. The quantitative estimate of drug-likeness (QED) is 0.378. The molecular formula is C24H26O4. The molecule has 1 aliphatic carbocycles. The lowest BCUT2D eigenvalue weighted by atomic mass is 9.84. The number of Topliss-reactive ketones (excluding diaryl/α,β-unsaturated/α-hetero) is 1. The van der Waals surface area contributed by atoms with Crippen molar-refractivity contribution in [3.8, 4) is 5.75 Å². The molecule has 0 unspecified atom stereocenters. The number of benzene rings is 2. The minimum absolute atomic E-state index is 0.196. The van der Waals surface area contributed by atoms with E-state index in [2.05, 4.69) is 0 Å². The van der Waals surface area contributed by atoms with Crippen LogP contribution in [-0.2, 0) is 9.53 Å². The van der Waals surface area contributed by atoms with Crippen molar-refractivity contribution in [3.63, 3.8) is 0 Å². The van der Waals surface area contributed by atoms with Gasteiger partial charge < -0.3 is 9.47 Å². The van der Waals surface area contributed by atoms with Crippen molar-refractivity contribution < 1.29 is 19.1 Å². The van der Waals surface area contributed by atoms with Crippen LogP contribution in [0.4, 0.5) is 0 Å². The van der Waals surface area contributed by atoms with Crippen LogP contribution in [0.1, 0.15) is 59.5 Å². The fourth-order valence-electron chi connectivity index (χ4n) is 3.55. The second-order valence-electron chi connectivity index (χ2n) is 7.10. The summed E-state index contributed by atoms with van der Waals surface area (Å²) in [4.78, 5) is 24.2. The standard InChI is InChI=1S/C24H26O4/c1-27-22-9-5-6-18(16-22)10-15-24(26)28-17-23(25)21-13-11-20(12-14-21)19-7-3-2-4-8-19/h5-6,9-16,19H,2-4,7-8,17H2,1H3/b15-10+. The monoisotopic (exact) mass is 378 g/mol. The lowest BCUT2D eigenvalue weighted by Crippen LogP contribution is -2.13. The van der Waals surface area contributed by atoms with Gasteiger partial charge in [0.05, 0.1) is 7.11 Å². The molecule has 0 saturated heterocycles. The minimum Gasteiger partial charge on any atom is -0.497 e. The van der Waals surface area contributed by atoms with E-state index in [1.54, 1.807) is 13.2 Å². The third kappa shape index (κ3) is 5.56. The molecule has 1 saturated carbocycles. The lowest BCUT2D eigenvalue weighted by molar-refractivity contribution is -0.136. The summed E-state index contributed by atoms with van der Waals surface area (Å²) < 4.78 is 10.2. The molecule has 0 amide bonds. The number of carbonyl (C=O) groups excluding carboxylic acids is 2. The molecule has 0 atom stereocenters. The Labute approximate surface area is 166 Å². The molecule has 1 aliphatic rings. The van der Waals surface area contributed by atoms with E-state index >= 15 is 0 Å². The normalized spacial score (nSPS) is 14.8. The van der Waals surface area contributed by atoms with Crippen LogP contribution < -0.4 is 4.74 Å². The number of rotatable bonds is 7. The van der Waals surface area contributed by atoms with Gasteiger partial charge in [-0.25, -0.2) is 4.79 Å². The molecule has 0 aromatic heterocycles. The van der Waals surface area contributed by atoms with E-state index in [4.69, 9.17) is 9.47 Å². The molecule has 146 valence electrons. The van der Waals surface area contributed by atoms with Gasteiger partial charge in [-0.2, -0.15) is 0 Å². The predicted octanol–water partition coefficient (Wildman–Crippen LogP) is 5.18. The Balaban J connectivity index is 1.50. The van der Waals surface area contributed by atoms with Crippen molar-refractivity contribution in [1.82, 2.24) is 0 Å². The largest absolute Gasteiger partial charge is 0.497 e. The number of esters is 1. The average Bonchev–Trinajstić information content (AvgIpc) is 2.77. The second-order valence-corrected chi connectivity index (χ2v) is 7.10. The van der Waals surface area contributed by atoms with Gasteiger partial charge in [0.15, 0.2) is 12.4 Å². The van der Waals surface area contributed by atoms with Gasteiger partial charge in [-0.3, -0.25) is 4.79 Å². The van der Waals surface area contributed by atoms with Crippen molar-refractivity contribution in [2.45, 2.75) is 38.0 Å². The Bertz CT molecular complexity index is 830. The van der Waals surface area contributed by atoms with Crippen molar-refractivity contribution in [3.05, 3.63) is 71.3 Å². The van der Waals surface area contributed by atoms with Crippen LogP contribution in [0.3, 0.4) is 0 Å².